The number of allylic oxidation sites excluding steroid dienone is 2. The quantitative estimate of drug-likeness (QED) is 0.156. The first-order chi connectivity index (χ1) is 20.8. The minimum absolute atomic E-state index is 0.0493. The smallest absolute Gasteiger partial charge is 0.214 e. The van der Waals surface area contributed by atoms with Crippen molar-refractivity contribution in [1.82, 2.24) is 0 Å². The molecule has 7 nitrogen and oxygen atoms in total. The summed E-state index contributed by atoms with van der Waals surface area (Å²) in [6, 6.07) is 19.8. The first-order valence-electron chi connectivity index (χ1n) is 15.1. The number of methoxy groups -OCH3 is 3. The number of rotatable bonds is 8. The minimum atomic E-state index is -0.154. The number of benzene rings is 3. The van der Waals surface area contributed by atoms with Gasteiger partial charge in [0.2, 0.25) is 5.90 Å². The molecule has 3 N–H and O–H groups in total. The van der Waals surface area contributed by atoms with Crippen LogP contribution >= 0.6 is 0 Å². The number of likely N-dealkylation sites (N-methyl/N-ethyl adjacent to an activating group) is 1. The van der Waals surface area contributed by atoms with Gasteiger partial charge in [-0.1, -0.05) is 58.0 Å². The molecule has 0 aliphatic carbocycles. The van der Waals surface area contributed by atoms with Gasteiger partial charge in [-0.3, -0.25) is 11.1 Å². The van der Waals surface area contributed by atoms with Crippen LogP contribution < -0.4 is 24.8 Å². The summed E-state index contributed by atoms with van der Waals surface area (Å²) in [5.41, 5.74) is 12.0. The Hall–Kier alpha value is -3.97. The van der Waals surface area contributed by atoms with Crippen molar-refractivity contribution in [2.24, 2.45) is 5.73 Å². The van der Waals surface area contributed by atoms with Crippen molar-refractivity contribution >= 4 is 11.6 Å². The molecule has 7 heteroatoms. The predicted molar refractivity (Wildman–Crippen MR) is 181 cm³/mol. The summed E-state index contributed by atoms with van der Waals surface area (Å²) in [6.07, 6.45) is 3.11. The zero-order valence-electron chi connectivity index (χ0n) is 28.1. The van der Waals surface area contributed by atoms with Crippen LogP contribution in [0.4, 0.5) is 5.69 Å². The highest BCUT2D eigenvalue weighted by Gasteiger charge is 2.43. The van der Waals surface area contributed by atoms with E-state index < -0.39 is 0 Å². The molecule has 0 saturated heterocycles. The Labute approximate surface area is 260 Å². The van der Waals surface area contributed by atoms with Crippen molar-refractivity contribution in [3.05, 3.63) is 94.7 Å². The number of fused-ring (bicyclic) bond motifs is 1. The van der Waals surface area contributed by atoms with Gasteiger partial charge in [0.1, 0.15) is 12.5 Å². The van der Waals surface area contributed by atoms with E-state index in [-0.39, 0.29) is 18.0 Å². The number of nitrogens with two attached hydrogens (primary N) is 1. The fourth-order valence-electron chi connectivity index (χ4n) is 5.34. The summed E-state index contributed by atoms with van der Waals surface area (Å²) in [6.45, 7) is 17.7. The molecule has 1 unspecified atom stereocenters. The Morgan fingerprint density at radius 2 is 1.58 bits per heavy atom. The molecule has 1 aliphatic heterocycles. The van der Waals surface area contributed by atoms with Gasteiger partial charge >= 0.3 is 0 Å². The average Bonchev–Trinajstić information content (AvgIpc) is 3.30. The summed E-state index contributed by atoms with van der Waals surface area (Å²) < 4.78 is 21.4. The molecule has 1 heterocycles. The van der Waals surface area contributed by atoms with Gasteiger partial charge < -0.3 is 23.8 Å². The highest BCUT2D eigenvalue weighted by atomic mass is 16.5. The van der Waals surface area contributed by atoms with Gasteiger partial charge in [0, 0.05) is 28.9 Å². The van der Waals surface area contributed by atoms with Gasteiger partial charge in [-0.15, -0.1) is 0 Å². The maximum Gasteiger partial charge on any atom is 0.214 e. The van der Waals surface area contributed by atoms with E-state index in [1.54, 1.807) is 33.5 Å². The molecule has 43 heavy (non-hydrogen) atoms. The Kier molecular flexibility index (Phi) is 16.0. The maximum absolute atomic E-state index is 7.33. The van der Waals surface area contributed by atoms with Gasteiger partial charge in [0.25, 0.3) is 0 Å². The zero-order valence-corrected chi connectivity index (χ0v) is 28.1. The Balaban J connectivity index is 0.000000514. The monoisotopic (exact) mass is 591 g/mol. The Morgan fingerprint density at radius 1 is 0.930 bits per heavy atom. The molecule has 1 aliphatic rings. The molecular formula is C36H53N3O4. The number of hydrogen-bond donors (Lipinski definition) is 2. The fraction of sp³-hybridized carbons (Fsp3) is 0.417. The molecule has 4 rings (SSSR count). The molecular weight excluding hydrogens is 538 g/mol. The molecule has 0 fully saturated rings. The third-order valence-corrected chi connectivity index (χ3v) is 7.25. The summed E-state index contributed by atoms with van der Waals surface area (Å²) in [4.78, 5) is 2.41. The van der Waals surface area contributed by atoms with Gasteiger partial charge in [-0.25, -0.2) is 0 Å². The Morgan fingerprint density at radius 3 is 2.09 bits per heavy atom. The predicted octanol–water partition coefficient (Wildman–Crippen LogP) is 8.26. The third kappa shape index (κ3) is 8.54. The van der Waals surface area contributed by atoms with Crippen LogP contribution in [0.2, 0.25) is 0 Å². The fourth-order valence-corrected chi connectivity index (χ4v) is 5.34. The molecule has 1 atom stereocenters. The van der Waals surface area contributed by atoms with Crippen molar-refractivity contribution in [2.45, 2.75) is 67.2 Å². The molecule has 3 aromatic rings. The van der Waals surface area contributed by atoms with Gasteiger partial charge in [-0.2, -0.15) is 0 Å². The first kappa shape index (κ1) is 37.1. The van der Waals surface area contributed by atoms with E-state index in [2.05, 4.69) is 56.9 Å². The normalized spacial score (nSPS) is 15.4. The highest BCUT2D eigenvalue weighted by Crippen LogP contribution is 2.51. The van der Waals surface area contributed by atoms with Gasteiger partial charge in [0.05, 0.1) is 21.3 Å². The molecule has 0 amide bonds. The number of nitrogens with zero attached hydrogens (tertiary/aromatic N) is 1. The lowest BCUT2D eigenvalue weighted by Crippen LogP contribution is -2.30. The average molecular weight is 592 g/mol. The van der Waals surface area contributed by atoms with Crippen LogP contribution in [-0.4, -0.2) is 40.5 Å². The van der Waals surface area contributed by atoms with E-state index in [1.165, 1.54) is 22.5 Å². The molecule has 0 spiro atoms. The molecule has 236 valence electrons. The van der Waals surface area contributed by atoms with Crippen LogP contribution in [0, 0.1) is 12.3 Å². The topological polar surface area (TPSA) is 90.0 Å². The molecule has 0 saturated carbocycles. The summed E-state index contributed by atoms with van der Waals surface area (Å²) in [5, 5.41) is 7.33. The van der Waals surface area contributed by atoms with E-state index in [1.807, 2.05) is 58.0 Å². The van der Waals surface area contributed by atoms with E-state index in [0.29, 0.717) is 0 Å². The first-order valence-corrected chi connectivity index (χ1v) is 15.1. The van der Waals surface area contributed by atoms with Crippen molar-refractivity contribution < 1.29 is 18.9 Å². The van der Waals surface area contributed by atoms with Crippen molar-refractivity contribution in [1.29, 1.82) is 5.41 Å². The van der Waals surface area contributed by atoms with Gasteiger partial charge in [0.15, 0.2) is 11.5 Å². The lowest BCUT2D eigenvalue weighted by atomic mass is 9.75. The number of hydrogen-bond acceptors (Lipinski definition) is 7. The van der Waals surface area contributed by atoms with Crippen LogP contribution in [0.1, 0.15) is 70.7 Å². The highest BCUT2D eigenvalue weighted by molar-refractivity contribution is 5.91. The van der Waals surface area contributed by atoms with E-state index in [4.69, 9.17) is 30.1 Å². The largest absolute Gasteiger partial charge is 0.497 e. The van der Waals surface area contributed by atoms with E-state index >= 15 is 0 Å². The summed E-state index contributed by atoms with van der Waals surface area (Å²) >= 11 is 0. The van der Waals surface area contributed by atoms with Crippen molar-refractivity contribution in [3.63, 3.8) is 0 Å². The molecule has 0 aromatic heterocycles. The lowest BCUT2D eigenvalue weighted by molar-refractivity contribution is 0.315. The van der Waals surface area contributed by atoms with Crippen molar-refractivity contribution in [3.8, 4) is 17.2 Å². The van der Waals surface area contributed by atoms with E-state index in [0.717, 1.165) is 41.3 Å². The second-order valence-electron chi connectivity index (χ2n) is 9.40. The second kappa shape index (κ2) is 18.5. The molecule has 3 aromatic carbocycles. The molecule has 0 radical (unpaired) electrons. The van der Waals surface area contributed by atoms with Gasteiger partial charge in [-0.05, 0) is 87.2 Å². The van der Waals surface area contributed by atoms with Crippen LogP contribution in [0.25, 0.3) is 0 Å². The minimum Gasteiger partial charge on any atom is -0.497 e. The number of nitrogens with one attached hydrogen (secondary N) is 1. The van der Waals surface area contributed by atoms with Crippen LogP contribution in [0.3, 0.4) is 0 Å². The standard InChI is InChI=1S/C24H31NO3.C8H10N2O.2C2H6/c1-8-22-24(4,15-17-10-13-21(27-6)23(28-7)16(17)3)19-14-18(26-5)11-12-20(19)25(22)9-2;9-6-11-8(10)7-4-2-1-3-5-7;2*1-2/h8,10-14H,9,15H2,1-7H3;1-5,10H,6,9H2;2*1-2H3/b22-8-;;;. The summed E-state index contributed by atoms with van der Waals surface area (Å²) in [7, 11) is 5.10. The second-order valence-corrected chi connectivity index (χ2v) is 9.40. The maximum atomic E-state index is 7.33. The number of anilines is 1. The Bertz CT molecular complexity index is 1310. The van der Waals surface area contributed by atoms with Crippen LogP contribution in [0.15, 0.2) is 72.4 Å². The summed E-state index contributed by atoms with van der Waals surface area (Å²) in [5.74, 6) is 2.58. The SMILES string of the molecule is C/C=C1\N(CC)c2ccc(OC)cc2C1(C)Cc1ccc(OC)c(OC)c1C.CC.CC.N=C(OCN)c1ccccc1. The third-order valence-electron chi connectivity index (χ3n) is 7.25. The molecule has 0 bridgehead atoms. The zero-order chi connectivity index (χ0) is 32.6. The lowest BCUT2D eigenvalue weighted by Gasteiger charge is -2.31. The van der Waals surface area contributed by atoms with Crippen molar-refractivity contribution in [2.75, 3.05) is 39.5 Å². The van der Waals surface area contributed by atoms with Crippen LogP contribution in [-0.2, 0) is 16.6 Å². The number of ether oxygens (including phenoxy) is 4. The van der Waals surface area contributed by atoms with E-state index in [9.17, 15) is 0 Å². The van der Waals surface area contributed by atoms with Crippen LogP contribution in [0.5, 0.6) is 17.2 Å².